The predicted molar refractivity (Wildman–Crippen MR) is 122 cm³/mol. The molecule has 2 atom stereocenters. The number of nitrogens with one attached hydrogen (secondary N) is 1. The number of carbonyl (C=O) groups excluding carboxylic acids is 1. The first-order chi connectivity index (χ1) is 14.3. The fourth-order valence-corrected chi connectivity index (χ4v) is 5.24. The number of thiazole rings is 1. The lowest BCUT2D eigenvalue weighted by Gasteiger charge is -2.33. The van der Waals surface area contributed by atoms with Crippen LogP contribution in [0.15, 0.2) is 42.2 Å². The molecule has 0 aliphatic heterocycles. The Morgan fingerprint density at radius 3 is 2.83 bits per heavy atom. The van der Waals surface area contributed by atoms with E-state index < -0.39 is 5.91 Å². The molecular formula is C23H25N5OS. The molecule has 0 spiro atoms. The van der Waals surface area contributed by atoms with Gasteiger partial charge < -0.3 is 11.1 Å². The largest absolute Gasteiger partial charge is 0.379 e. The smallest absolute Gasteiger partial charge is 0.252 e. The summed E-state index contributed by atoms with van der Waals surface area (Å²) in [5.74, 6) is 0.142. The van der Waals surface area contributed by atoms with Crippen LogP contribution in [0.4, 0.5) is 5.69 Å². The van der Waals surface area contributed by atoms with Gasteiger partial charge in [-0.3, -0.25) is 4.79 Å². The molecule has 30 heavy (non-hydrogen) atoms. The van der Waals surface area contributed by atoms with E-state index in [1.54, 1.807) is 17.5 Å². The van der Waals surface area contributed by atoms with Crippen LogP contribution in [-0.2, 0) is 0 Å². The fourth-order valence-electron chi connectivity index (χ4n) is 4.52. The first kappa shape index (κ1) is 19.1. The highest BCUT2D eigenvalue weighted by Crippen LogP contribution is 2.44. The highest BCUT2D eigenvalue weighted by molar-refractivity contribution is 7.16. The van der Waals surface area contributed by atoms with Crippen molar-refractivity contribution in [1.29, 1.82) is 0 Å². The number of hydrogen-bond acceptors (Lipinski definition) is 5. The summed E-state index contributed by atoms with van der Waals surface area (Å²) in [4.78, 5) is 16.5. The number of anilines is 1. The van der Waals surface area contributed by atoms with Crippen molar-refractivity contribution in [3.8, 4) is 11.1 Å². The highest BCUT2D eigenvalue weighted by Gasteiger charge is 2.41. The fraction of sp³-hybridized carbons (Fsp3) is 0.348. The summed E-state index contributed by atoms with van der Waals surface area (Å²) >= 11 is 1.63. The van der Waals surface area contributed by atoms with Gasteiger partial charge in [0.1, 0.15) is 0 Å². The molecule has 4 aromatic rings. The molecule has 1 aliphatic rings. The number of fused-ring (bicyclic) bond motifs is 2. The molecule has 3 N–H and O–H groups in total. The molecule has 1 fully saturated rings. The van der Waals surface area contributed by atoms with Gasteiger partial charge in [-0.05, 0) is 47.9 Å². The van der Waals surface area contributed by atoms with Gasteiger partial charge in [0, 0.05) is 17.8 Å². The summed E-state index contributed by atoms with van der Waals surface area (Å²) in [5.41, 5.74) is 12.9. The van der Waals surface area contributed by atoms with Gasteiger partial charge in [0.15, 0.2) is 0 Å². The molecule has 0 bridgehead atoms. The lowest BCUT2D eigenvalue weighted by molar-refractivity contribution is 0.100. The maximum absolute atomic E-state index is 12.2. The molecule has 0 saturated heterocycles. The number of nitrogens with zero attached hydrogens (tertiary/aromatic N) is 3. The maximum Gasteiger partial charge on any atom is 0.252 e. The zero-order valence-electron chi connectivity index (χ0n) is 17.3. The van der Waals surface area contributed by atoms with E-state index in [9.17, 15) is 4.79 Å². The van der Waals surface area contributed by atoms with Crippen LogP contribution in [0.25, 0.3) is 26.9 Å². The Hall–Kier alpha value is -2.93. The van der Waals surface area contributed by atoms with Crippen molar-refractivity contribution >= 4 is 38.7 Å². The molecule has 6 nitrogen and oxygen atoms in total. The highest BCUT2D eigenvalue weighted by atomic mass is 32.1. The standard InChI is InChI=1S/C23H25N5OS/c1-13-4-7-20(23(13,2)3)27-21-16(22(24)29)10-26-28-11-15(8-18(21)28)14-5-6-17-19(9-14)30-12-25-17/h5-6,8-13,20,27H,4,7H2,1-3H3,(H2,24,29)/t13?,20-/m1/s1. The normalized spacial score (nSPS) is 20.8. The van der Waals surface area contributed by atoms with Gasteiger partial charge >= 0.3 is 0 Å². The Kier molecular flexibility index (Phi) is 4.32. The van der Waals surface area contributed by atoms with Crippen molar-refractivity contribution in [3.63, 3.8) is 0 Å². The lowest BCUT2D eigenvalue weighted by atomic mass is 9.80. The minimum Gasteiger partial charge on any atom is -0.379 e. The van der Waals surface area contributed by atoms with Crippen LogP contribution >= 0.6 is 11.3 Å². The first-order valence-electron chi connectivity index (χ1n) is 10.3. The SMILES string of the molecule is CC1CC[C@@H](Nc2c(C(N)=O)cnn3cc(-c4ccc5ncsc5c4)cc23)C1(C)C. The second-order valence-corrected chi connectivity index (χ2v) is 9.77. The minimum absolute atomic E-state index is 0.127. The van der Waals surface area contributed by atoms with Crippen molar-refractivity contribution in [3.05, 3.63) is 47.7 Å². The summed E-state index contributed by atoms with van der Waals surface area (Å²) in [6.45, 7) is 6.88. The van der Waals surface area contributed by atoms with E-state index in [0.29, 0.717) is 11.5 Å². The van der Waals surface area contributed by atoms with Gasteiger partial charge in [0.25, 0.3) is 5.91 Å². The van der Waals surface area contributed by atoms with Crippen molar-refractivity contribution in [2.45, 2.75) is 39.7 Å². The molecule has 1 amide bonds. The quantitative estimate of drug-likeness (QED) is 0.490. The summed E-state index contributed by atoms with van der Waals surface area (Å²) < 4.78 is 2.97. The van der Waals surface area contributed by atoms with E-state index in [-0.39, 0.29) is 11.5 Å². The number of amides is 1. The zero-order chi connectivity index (χ0) is 21.0. The average Bonchev–Trinajstić information content (AvgIpc) is 3.41. The molecule has 5 rings (SSSR count). The van der Waals surface area contributed by atoms with Crippen molar-refractivity contribution in [1.82, 2.24) is 14.6 Å². The van der Waals surface area contributed by atoms with Crippen LogP contribution in [0.1, 0.15) is 44.0 Å². The lowest BCUT2D eigenvalue weighted by Crippen LogP contribution is -2.35. The number of hydrogen-bond donors (Lipinski definition) is 2. The molecule has 7 heteroatoms. The molecule has 3 aromatic heterocycles. The van der Waals surface area contributed by atoms with Crippen LogP contribution in [0.3, 0.4) is 0 Å². The number of aromatic nitrogens is 3. The molecule has 0 radical (unpaired) electrons. The monoisotopic (exact) mass is 419 g/mol. The summed E-state index contributed by atoms with van der Waals surface area (Å²) in [5, 5.41) is 8.13. The third-order valence-electron chi connectivity index (χ3n) is 6.94. The van der Waals surface area contributed by atoms with E-state index in [2.05, 4.69) is 54.4 Å². The van der Waals surface area contributed by atoms with Gasteiger partial charge in [0.05, 0.1) is 38.7 Å². The van der Waals surface area contributed by atoms with Crippen LogP contribution in [0.5, 0.6) is 0 Å². The number of carbonyl (C=O) groups is 1. The van der Waals surface area contributed by atoms with Crippen LogP contribution in [-0.4, -0.2) is 26.5 Å². The molecule has 1 saturated carbocycles. The van der Waals surface area contributed by atoms with Crippen LogP contribution < -0.4 is 11.1 Å². The minimum atomic E-state index is -0.467. The molecule has 1 aliphatic carbocycles. The van der Waals surface area contributed by atoms with Crippen molar-refractivity contribution in [2.75, 3.05) is 5.32 Å². The van der Waals surface area contributed by atoms with Gasteiger partial charge in [0.2, 0.25) is 0 Å². The van der Waals surface area contributed by atoms with Gasteiger partial charge in [-0.2, -0.15) is 5.10 Å². The zero-order valence-corrected chi connectivity index (χ0v) is 18.2. The van der Waals surface area contributed by atoms with Crippen LogP contribution in [0, 0.1) is 11.3 Å². The van der Waals surface area contributed by atoms with Crippen LogP contribution in [0.2, 0.25) is 0 Å². The van der Waals surface area contributed by atoms with Gasteiger partial charge in [-0.1, -0.05) is 26.8 Å². The van der Waals surface area contributed by atoms with E-state index in [1.807, 2.05) is 22.3 Å². The molecule has 1 aromatic carbocycles. The Morgan fingerprint density at radius 1 is 1.27 bits per heavy atom. The van der Waals surface area contributed by atoms with Gasteiger partial charge in [-0.25, -0.2) is 9.50 Å². The Bertz CT molecular complexity index is 1270. The number of rotatable bonds is 4. The Labute approximate surface area is 179 Å². The Balaban J connectivity index is 1.62. The summed E-state index contributed by atoms with van der Waals surface area (Å²) in [6, 6.07) is 8.60. The maximum atomic E-state index is 12.2. The number of benzene rings is 1. The summed E-state index contributed by atoms with van der Waals surface area (Å²) in [6.07, 6.45) is 5.80. The second kappa shape index (κ2) is 6.80. The molecule has 1 unspecified atom stereocenters. The summed E-state index contributed by atoms with van der Waals surface area (Å²) in [7, 11) is 0. The Morgan fingerprint density at radius 2 is 2.10 bits per heavy atom. The van der Waals surface area contributed by atoms with E-state index >= 15 is 0 Å². The first-order valence-corrected chi connectivity index (χ1v) is 11.1. The topological polar surface area (TPSA) is 85.3 Å². The van der Waals surface area contributed by atoms with E-state index in [4.69, 9.17) is 5.73 Å². The average molecular weight is 420 g/mol. The molecule has 3 heterocycles. The third-order valence-corrected chi connectivity index (χ3v) is 7.73. The predicted octanol–water partition coefficient (Wildman–Crippen LogP) is 4.95. The third kappa shape index (κ3) is 2.96. The molecular weight excluding hydrogens is 394 g/mol. The second-order valence-electron chi connectivity index (χ2n) is 8.89. The number of nitrogens with two attached hydrogens (primary N) is 1. The number of primary amides is 1. The van der Waals surface area contributed by atoms with Crippen molar-refractivity contribution < 1.29 is 4.79 Å². The van der Waals surface area contributed by atoms with E-state index in [1.165, 1.54) is 6.42 Å². The van der Waals surface area contributed by atoms with Gasteiger partial charge in [-0.15, -0.1) is 11.3 Å². The molecule has 154 valence electrons. The van der Waals surface area contributed by atoms with E-state index in [0.717, 1.165) is 39.0 Å². The van der Waals surface area contributed by atoms with Crippen molar-refractivity contribution in [2.24, 2.45) is 17.1 Å².